The first-order valence-corrected chi connectivity index (χ1v) is 10.0. The molecule has 0 aliphatic rings. The molecular formula is C24H18FN5OS. The fourth-order valence-corrected chi connectivity index (χ4v) is 3.12. The Morgan fingerprint density at radius 3 is 2.41 bits per heavy atom. The SMILES string of the molecule is N#Cc1ccc(CCNC(=S)Nc2ccc(NC(=O)c3ccccc3F)c(C#N)c2)cc1. The van der Waals surface area contributed by atoms with Crippen molar-refractivity contribution in [3.05, 3.63) is 94.8 Å². The van der Waals surface area contributed by atoms with Gasteiger partial charge in [-0.2, -0.15) is 10.5 Å². The predicted octanol–water partition coefficient (Wildman–Crippen LogP) is 4.35. The monoisotopic (exact) mass is 443 g/mol. The summed E-state index contributed by atoms with van der Waals surface area (Å²) in [5.74, 6) is -1.28. The van der Waals surface area contributed by atoms with E-state index in [1.54, 1.807) is 36.4 Å². The lowest BCUT2D eigenvalue weighted by Crippen LogP contribution is -2.30. The van der Waals surface area contributed by atoms with Crippen LogP contribution in [0.15, 0.2) is 66.7 Å². The molecule has 1 amide bonds. The molecule has 0 aromatic heterocycles. The summed E-state index contributed by atoms with van der Waals surface area (Å²) in [6.45, 7) is 0.583. The molecule has 6 nitrogen and oxygen atoms in total. The van der Waals surface area contributed by atoms with Crippen molar-refractivity contribution >= 4 is 34.6 Å². The lowest BCUT2D eigenvalue weighted by atomic mass is 10.1. The van der Waals surface area contributed by atoms with Gasteiger partial charge >= 0.3 is 0 Å². The summed E-state index contributed by atoms with van der Waals surface area (Å²) in [5.41, 5.74) is 2.63. The fourth-order valence-electron chi connectivity index (χ4n) is 2.90. The molecule has 32 heavy (non-hydrogen) atoms. The van der Waals surface area contributed by atoms with Gasteiger partial charge in [-0.25, -0.2) is 4.39 Å². The van der Waals surface area contributed by atoms with Crippen molar-refractivity contribution < 1.29 is 9.18 Å². The van der Waals surface area contributed by atoms with Gasteiger partial charge in [0.2, 0.25) is 0 Å². The molecule has 0 fully saturated rings. The van der Waals surface area contributed by atoms with E-state index in [1.165, 1.54) is 18.2 Å². The van der Waals surface area contributed by atoms with E-state index in [-0.39, 0.29) is 16.8 Å². The number of hydrogen-bond donors (Lipinski definition) is 3. The maximum absolute atomic E-state index is 13.8. The van der Waals surface area contributed by atoms with E-state index in [9.17, 15) is 14.4 Å². The third-order valence-electron chi connectivity index (χ3n) is 4.55. The zero-order valence-corrected chi connectivity index (χ0v) is 17.7. The number of nitrogens with one attached hydrogen (secondary N) is 3. The standard InChI is InChI=1S/C24H18FN5OS/c25-21-4-2-1-3-20(21)23(31)30-22-10-9-19(13-18(22)15-27)29-24(32)28-12-11-16-5-7-17(14-26)8-6-16/h1-10,13H,11-12H2,(H,30,31)(H2,28,29,32). The Morgan fingerprint density at radius 1 is 0.969 bits per heavy atom. The van der Waals surface area contributed by atoms with Crippen LogP contribution < -0.4 is 16.0 Å². The van der Waals surface area contributed by atoms with E-state index >= 15 is 0 Å². The topological polar surface area (TPSA) is 101 Å². The van der Waals surface area contributed by atoms with Crippen LogP contribution in [-0.2, 0) is 6.42 Å². The first-order valence-electron chi connectivity index (χ1n) is 9.64. The normalized spacial score (nSPS) is 9.84. The van der Waals surface area contributed by atoms with Crippen molar-refractivity contribution in [1.82, 2.24) is 5.32 Å². The zero-order valence-electron chi connectivity index (χ0n) is 16.9. The van der Waals surface area contributed by atoms with Crippen molar-refractivity contribution in [2.24, 2.45) is 0 Å². The summed E-state index contributed by atoms with van der Waals surface area (Å²) in [6.07, 6.45) is 0.720. The number of nitrogens with zero attached hydrogens (tertiary/aromatic N) is 2. The first kappa shape index (κ1) is 22.4. The van der Waals surface area contributed by atoms with Gasteiger partial charge in [0.1, 0.15) is 11.9 Å². The van der Waals surface area contributed by atoms with Crippen LogP contribution in [0.5, 0.6) is 0 Å². The van der Waals surface area contributed by atoms with E-state index in [2.05, 4.69) is 22.0 Å². The van der Waals surface area contributed by atoms with Crippen LogP contribution in [0.1, 0.15) is 27.0 Å². The average molecular weight is 444 g/mol. The van der Waals surface area contributed by atoms with Crippen LogP contribution in [0.4, 0.5) is 15.8 Å². The van der Waals surface area contributed by atoms with E-state index in [1.807, 2.05) is 18.2 Å². The minimum absolute atomic E-state index is 0.105. The number of benzene rings is 3. The van der Waals surface area contributed by atoms with Crippen LogP contribution in [0.2, 0.25) is 0 Å². The van der Waals surface area contributed by atoms with Gasteiger partial charge in [0, 0.05) is 12.2 Å². The maximum atomic E-state index is 13.8. The quantitative estimate of drug-likeness (QED) is 0.490. The third-order valence-corrected chi connectivity index (χ3v) is 4.79. The van der Waals surface area contributed by atoms with Crippen LogP contribution >= 0.6 is 12.2 Å². The summed E-state index contributed by atoms with van der Waals surface area (Å²) in [7, 11) is 0. The van der Waals surface area contributed by atoms with E-state index in [4.69, 9.17) is 17.5 Å². The largest absolute Gasteiger partial charge is 0.362 e. The Bertz CT molecular complexity index is 1230. The van der Waals surface area contributed by atoms with E-state index < -0.39 is 11.7 Å². The second-order valence-corrected chi connectivity index (χ2v) is 7.15. The van der Waals surface area contributed by atoms with Crippen molar-refractivity contribution in [2.75, 3.05) is 17.2 Å². The van der Waals surface area contributed by atoms with Crippen molar-refractivity contribution in [3.8, 4) is 12.1 Å². The van der Waals surface area contributed by atoms with Crippen LogP contribution in [0, 0.1) is 28.5 Å². The van der Waals surface area contributed by atoms with Gasteiger partial charge in [-0.3, -0.25) is 4.79 Å². The summed E-state index contributed by atoms with van der Waals surface area (Å²) < 4.78 is 13.8. The van der Waals surface area contributed by atoms with E-state index in [0.717, 1.165) is 12.0 Å². The summed E-state index contributed by atoms with van der Waals surface area (Å²) in [5, 5.41) is 27.3. The van der Waals surface area contributed by atoms with Crippen LogP contribution in [0.25, 0.3) is 0 Å². The number of anilines is 2. The fraction of sp³-hybridized carbons (Fsp3) is 0.0833. The third kappa shape index (κ3) is 5.88. The molecule has 0 aliphatic carbocycles. The van der Waals surface area contributed by atoms with Crippen molar-refractivity contribution in [2.45, 2.75) is 6.42 Å². The highest BCUT2D eigenvalue weighted by Gasteiger charge is 2.13. The first-order chi connectivity index (χ1) is 15.5. The molecule has 0 saturated heterocycles. The minimum Gasteiger partial charge on any atom is -0.362 e. The Labute approximate surface area is 190 Å². The molecule has 3 rings (SSSR count). The van der Waals surface area contributed by atoms with Gasteiger partial charge in [-0.15, -0.1) is 0 Å². The number of amides is 1. The minimum atomic E-state index is -0.640. The molecule has 158 valence electrons. The van der Waals surface area contributed by atoms with Gasteiger partial charge in [0.05, 0.1) is 28.4 Å². The van der Waals surface area contributed by atoms with Gasteiger partial charge in [-0.05, 0) is 66.7 Å². The van der Waals surface area contributed by atoms with Gasteiger partial charge in [0.25, 0.3) is 5.91 Å². The summed E-state index contributed by atoms with van der Waals surface area (Å²) in [6, 6.07) is 21.8. The molecule has 0 aliphatic heterocycles. The molecular weight excluding hydrogens is 425 g/mol. The number of thiocarbonyl (C=S) groups is 1. The second-order valence-electron chi connectivity index (χ2n) is 6.75. The Hall–Kier alpha value is -4.27. The number of halogens is 1. The molecule has 0 saturated carbocycles. The molecule has 0 unspecified atom stereocenters. The number of nitriles is 2. The number of carbonyl (C=O) groups excluding carboxylic acids is 1. The lowest BCUT2D eigenvalue weighted by molar-refractivity contribution is 0.102. The molecule has 0 spiro atoms. The highest BCUT2D eigenvalue weighted by atomic mass is 32.1. The highest BCUT2D eigenvalue weighted by Crippen LogP contribution is 2.21. The van der Waals surface area contributed by atoms with E-state index in [0.29, 0.717) is 22.9 Å². The molecule has 3 N–H and O–H groups in total. The maximum Gasteiger partial charge on any atom is 0.258 e. The number of hydrogen-bond acceptors (Lipinski definition) is 4. The Morgan fingerprint density at radius 2 is 1.72 bits per heavy atom. The number of carbonyl (C=O) groups is 1. The molecule has 0 bridgehead atoms. The average Bonchev–Trinajstić information content (AvgIpc) is 2.80. The molecule has 3 aromatic rings. The summed E-state index contributed by atoms with van der Waals surface area (Å²) >= 11 is 5.29. The van der Waals surface area contributed by atoms with Gasteiger partial charge < -0.3 is 16.0 Å². The molecule has 8 heteroatoms. The highest BCUT2D eigenvalue weighted by molar-refractivity contribution is 7.80. The lowest BCUT2D eigenvalue weighted by Gasteiger charge is -2.13. The van der Waals surface area contributed by atoms with Crippen molar-refractivity contribution in [1.29, 1.82) is 10.5 Å². The zero-order chi connectivity index (χ0) is 22.9. The van der Waals surface area contributed by atoms with Gasteiger partial charge in [0.15, 0.2) is 5.11 Å². The molecule has 3 aromatic carbocycles. The Balaban J connectivity index is 1.57. The second kappa shape index (κ2) is 10.7. The molecule has 0 heterocycles. The molecule has 0 radical (unpaired) electrons. The summed E-state index contributed by atoms with van der Waals surface area (Å²) in [4.78, 5) is 12.3. The van der Waals surface area contributed by atoms with Gasteiger partial charge in [-0.1, -0.05) is 24.3 Å². The van der Waals surface area contributed by atoms with Crippen LogP contribution in [-0.4, -0.2) is 17.6 Å². The van der Waals surface area contributed by atoms with Crippen molar-refractivity contribution in [3.63, 3.8) is 0 Å². The molecule has 0 atom stereocenters. The smallest absolute Gasteiger partial charge is 0.258 e. The Kier molecular flexibility index (Phi) is 7.47. The van der Waals surface area contributed by atoms with Crippen LogP contribution in [0.3, 0.4) is 0 Å². The predicted molar refractivity (Wildman–Crippen MR) is 125 cm³/mol. The number of rotatable bonds is 6.